The van der Waals surface area contributed by atoms with E-state index >= 15 is 0 Å². The van der Waals surface area contributed by atoms with Crippen LogP contribution in [0.2, 0.25) is 0 Å². The average Bonchev–Trinajstić information content (AvgIpc) is 2.49. The second-order valence-corrected chi connectivity index (χ2v) is 5.95. The Bertz CT molecular complexity index is 440. The Kier molecular flexibility index (Phi) is 5.88. The van der Waals surface area contributed by atoms with Crippen LogP contribution in [0.1, 0.15) is 19.4 Å². The Hall–Kier alpha value is -1.26. The summed E-state index contributed by atoms with van der Waals surface area (Å²) >= 11 is 0. The maximum atomic E-state index is 5.85. The molecule has 2 rings (SSSR count). The number of ether oxygens (including phenoxy) is 2. The lowest BCUT2D eigenvalue weighted by Gasteiger charge is -2.36. The summed E-state index contributed by atoms with van der Waals surface area (Å²) in [6.07, 6.45) is 0. The van der Waals surface area contributed by atoms with E-state index < -0.39 is 0 Å². The summed E-state index contributed by atoms with van der Waals surface area (Å²) < 4.78 is 11.2. The van der Waals surface area contributed by atoms with Gasteiger partial charge in [0.2, 0.25) is 0 Å². The van der Waals surface area contributed by atoms with E-state index in [1.807, 2.05) is 25.1 Å². The van der Waals surface area contributed by atoms with Crippen LogP contribution in [0.15, 0.2) is 18.2 Å². The molecular formula is C17H28N2O2. The highest BCUT2D eigenvalue weighted by Gasteiger charge is 2.18. The first-order valence-electron chi connectivity index (χ1n) is 7.84. The van der Waals surface area contributed by atoms with Gasteiger partial charge < -0.3 is 9.47 Å². The van der Waals surface area contributed by atoms with Gasteiger partial charge in [0.15, 0.2) is 0 Å². The largest absolute Gasteiger partial charge is 0.496 e. The molecule has 0 aliphatic carbocycles. The van der Waals surface area contributed by atoms with Crippen molar-refractivity contribution in [1.29, 1.82) is 0 Å². The van der Waals surface area contributed by atoms with Crippen molar-refractivity contribution in [3.8, 4) is 11.5 Å². The molecule has 0 atom stereocenters. The van der Waals surface area contributed by atoms with Crippen LogP contribution in [0.25, 0.3) is 0 Å². The maximum absolute atomic E-state index is 5.85. The fourth-order valence-electron chi connectivity index (χ4n) is 2.69. The van der Waals surface area contributed by atoms with E-state index in [2.05, 4.69) is 23.6 Å². The number of rotatable bonds is 6. The van der Waals surface area contributed by atoms with E-state index in [1.165, 1.54) is 0 Å². The van der Waals surface area contributed by atoms with Gasteiger partial charge >= 0.3 is 0 Å². The van der Waals surface area contributed by atoms with E-state index in [9.17, 15) is 0 Å². The molecule has 118 valence electrons. The molecule has 1 aromatic carbocycles. The Labute approximate surface area is 128 Å². The Morgan fingerprint density at radius 3 is 2.48 bits per heavy atom. The molecule has 4 heteroatoms. The predicted molar refractivity (Wildman–Crippen MR) is 86.4 cm³/mol. The van der Waals surface area contributed by atoms with Crippen LogP contribution in [-0.4, -0.2) is 62.3 Å². The summed E-state index contributed by atoms with van der Waals surface area (Å²) in [7, 11) is 1.69. The minimum absolute atomic E-state index is 0.656. The zero-order valence-electron chi connectivity index (χ0n) is 13.8. The lowest BCUT2D eigenvalue weighted by atomic mass is 10.2. The molecule has 0 unspecified atom stereocenters. The monoisotopic (exact) mass is 292 g/mol. The molecular weight excluding hydrogens is 264 g/mol. The SMILES string of the molecule is COc1cc(OCCN2CCN(C(C)C)CC2)ccc1C. The van der Waals surface area contributed by atoms with Crippen molar-refractivity contribution >= 4 is 0 Å². The van der Waals surface area contributed by atoms with Crippen molar-refractivity contribution in [2.75, 3.05) is 46.4 Å². The van der Waals surface area contributed by atoms with E-state index in [-0.39, 0.29) is 0 Å². The zero-order valence-corrected chi connectivity index (χ0v) is 13.8. The van der Waals surface area contributed by atoms with Gasteiger partial charge in [-0.15, -0.1) is 0 Å². The van der Waals surface area contributed by atoms with Gasteiger partial charge in [-0.05, 0) is 32.4 Å². The molecule has 0 radical (unpaired) electrons. The highest BCUT2D eigenvalue weighted by Crippen LogP contribution is 2.23. The fourth-order valence-corrected chi connectivity index (χ4v) is 2.69. The first-order chi connectivity index (χ1) is 10.1. The lowest BCUT2D eigenvalue weighted by molar-refractivity contribution is 0.0971. The fraction of sp³-hybridized carbons (Fsp3) is 0.647. The molecule has 1 aliphatic rings. The number of hydrogen-bond donors (Lipinski definition) is 0. The Morgan fingerprint density at radius 1 is 1.14 bits per heavy atom. The normalized spacial score (nSPS) is 17.2. The molecule has 21 heavy (non-hydrogen) atoms. The van der Waals surface area contributed by atoms with Crippen LogP contribution in [0.5, 0.6) is 11.5 Å². The van der Waals surface area contributed by atoms with Crippen molar-refractivity contribution in [2.24, 2.45) is 0 Å². The third-order valence-corrected chi connectivity index (χ3v) is 4.19. The standard InChI is InChI=1S/C17H28N2O2/c1-14(2)19-9-7-18(8-10-19)11-12-21-16-6-5-15(3)17(13-16)20-4/h5-6,13-14H,7-12H2,1-4H3. The average molecular weight is 292 g/mol. The smallest absolute Gasteiger partial charge is 0.125 e. The minimum Gasteiger partial charge on any atom is -0.496 e. The third-order valence-electron chi connectivity index (χ3n) is 4.19. The van der Waals surface area contributed by atoms with Crippen molar-refractivity contribution in [3.63, 3.8) is 0 Å². The zero-order chi connectivity index (χ0) is 15.2. The summed E-state index contributed by atoms with van der Waals surface area (Å²) in [5.74, 6) is 1.77. The highest BCUT2D eigenvalue weighted by atomic mass is 16.5. The molecule has 0 saturated carbocycles. The highest BCUT2D eigenvalue weighted by molar-refractivity contribution is 5.39. The van der Waals surface area contributed by atoms with Crippen molar-refractivity contribution in [2.45, 2.75) is 26.8 Å². The van der Waals surface area contributed by atoms with Crippen molar-refractivity contribution in [3.05, 3.63) is 23.8 Å². The quantitative estimate of drug-likeness (QED) is 0.804. The first-order valence-corrected chi connectivity index (χ1v) is 7.84. The molecule has 0 bridgehead atoms. The van der Waals surface area contributed by atoms with Crippen LogP contribution in [0.4, 0.5) is 0 Å². The van der Waals surface area contributed by atoms with E-state index in [1.54, 1.807) is 7.11 Å². The molecule has 0 amide bonds. The summed E-state index contributed by atoms with van der Waals surface area (Å²) in [4.78, 5) is 5.01. The van der Waals surface area contributed by atoms with Gasteiger partial charge in [0.1, 0.15) is 18.1 Å². The van der Waals surface area contributed by atoms with Gasteiger partial charge in [-0.1, -0.05) is 6.07 Å². The minimum atomic E-state index is 0.656. The van der Waals surface area contributed by atoms with Crippen LogP contribution in [0.3, 0.4) is 0 Å². The van der Waals surface area contributed by atoms with Crippen LogP contribution < -0.4 is 9.47 Å². The van der Waals surface area contributed by atoms with Gasteiger partial charge in [0.25, 0.3) is 0 Å². The molecule has 0 spiro atoms. The molecule has 4 nitrogen and oxygen atoms in total. The number of nitrogens with zero attached hydrogens (tertiary/aromatic N) is 2. The third kappa shape index (κ3) is 4.61. The van der Waals surface area contributed by atoms with Crippen LogP contribution >= 0.6 is 0 Å². The van der Waals surface area contributed by atoms with Crippen LogP contribution in [0, 0.1) is 6.92 Å². The topological polar surface area (TPSA) is 24.9 Å². The van der Waals surface area contributed by atoms with Gasteiger partial charge in [0, 0.05) is 44.8 Å². The van der Waals surface area contributed by atoms with E-state index in [0.29, 0.717) is 6.04 Å². The molecule has 1 saturated heterocycles. The second-order valence-electron chi connectivity index (χ2n) is 5.95. The number of benzene rings is 1. The van der Waals surface area contributed by atoms with Gasteiger partial charge in [-0.25, -0.2) is 0 Å². The maximum Gasteiger partial charge on any atom is 0.125 e. The lowest BCUT2D eigenvalue weighted by Crippen LogP contribution is -2.49. The second kappa shape index (κ2) is 7.66. The van der Waals surface area contributed by atoms with E-state index in [0.717, 1.165) is 56.4 Å². The molecule has 1 aliphatic heterocycles. The summed E-state index contributed by atoms with van der Waals surface area (Å²) in [5.41, 5.74) is 1.13. The molecule has 1 aromatic rings. The Balaban J connectivity index is 1.73. The van der Waals surface area contributed by atoms with Gasteiger partial charge in [-0.3, -0.25) is 9.80 Å². The predicted octanol–water partition coefficient (Wildman–Crippen LogP) is 2.41. The van der Waals surface area contributed by atoms with E-state index in [4.69, 9.17) is 9.47 Å². The summed E-state index contributed by atoms with van der Waals surface area (Å²) in [6, 6.07) is 6.67. The number of aryl methyl sites for hydroxylation is 1. The van der Waals surface area contributed by atoms with Gasteiger partial charge in [-0.2, -0.15) is 0 Å². The van der Waals surface area contributed by atoms with Gasteiger partial charge in [0.05, 0.1) is 7.11 Å². The molecule has 0 aromatic heterocycles. The molecule has 1 heterocycles. The summed E-state index contributed by atoms with van der Waals surface area (Å²) in [6.45, 7) is 12.9. The van der Waals surface area contributed by atoms with Crippen molar-refractivity contribution < 1.29 is 9.47 Å². The number of hydrogen-bond acceptors (Lipinski definition) is 4. The van der Waals surface area contributed by atoms with Crippen molar-refractivity contribution in [1.82, 2.24) is 9.80 Å². The Morgan fingerprint density at radius 2 is 1.86 bits per heavy atom. The molecule has 1 fully saturated rings. The molecule has 0 N–H and O–H groups in total. The van der Waals surface area contributed by atoms with Crippen LogP contribution in [-0.2, 0) is 0 Å². The summed E-state index contributed by atoms with van der Waals surface area (Å²) in [5, 5.41) is 0. The number of piperazine rings is 1. The number of methoxy groups -OCH3 is 1. The first kappa shape index (κ1) is 16.1.